The molecule has 0 heterocycles. The number of rotatable bonds is 5. The highest BCUT2D eigenvalue weighted by molar-refractivity contribution is 9.10. The van der Waals surface area contributed by atoms with Gasteiger partial charge in [0, 0.05) is 22.1 Å². The van der Waals surface area contributed by atoms with Crippen LogP contribution in [-0.2, 0) is 11.2 Å². The van der Waals surface area contributed by atoms with Crippen molar-refractivity contribution < 1.29 is 9.53 Å². The van der Waals surface area contributed by atoms with Gasteiger partial charge in [-0.2, -0.15) is 0 Å². The van der Waals surface area contributed by atoms with Gasteiger partial charge in [-0.1, -0.05) is 15.9 Å². The zero-order chi connectivity index (χ0) is 13.8. The molecular formula is C13H19BrN2O2. The van der Waals surface area contributed by atoms with Crippen molar-refractivity contribution in [2.24, 2.45) is 5.73 Å². The molecule has 0 aliphatic heterocycles. The predicted octanol–water partition coefficient (Wildman–Crippen LogP) is 1.85. The molecule has 100 valence electrons. The minimum absolute atomic E-state index is 0.0649. The Labute approximate surface area is 116 Å². The number of methoxy groups -OCH3 is 1. The van der Waals surface area contributed by atoms with Crippen LogP contribution >= 0.6 is 15.9 Å². The number of carbonyl (C=O) groups is 1. The van der Waals surface area contributed by atoms with Crippen LogP contribution in [0.3, 0.4) is 0 Å². The molecule has 0 aliphatic rings. The summed E-state index contributed by atoms with van der Waals surface area (Å²) in [5.74, 6) is 0.644. The first-order valence-electron chi connectivity index (χ1n) is 5.70. The van der Waals surface area contributed by atoms with Crippen LogP contribution in [-0.4, -0.2) is 25.1 Å². The second kappa shape index (κ2) is 6.20. The Kier molecular flexibility index (Phi) is 5.16. The molecule has 0 fully saturated rings. The zero-order valence-corrected chi connectivity index (χ0v) is 12.5. The van der Waals surface area contributed by atoms with Crippen LogP contribution in [0.25, 0.3) is 0 Å². The summed E-state index contributed by atoms with van der Waals surface area (Å²) in [6, 6.07) is 5.59. The Morgan fingerprint density at radius 3 is 2.72 bits per heavy atom. The molecule has 0 spiro atoms. The molecule has 18 heavy (non-hydrogen) atoms. The van der Waals surface area contributed by atoms with Gasteiger partial charge in [0.1, 0.15) is 5.75 Å². The fourth-order valence-electron chi connectivity index (χ4n) is 1.45. The van der Waals surface area contributed by atoms with E-state index in [1.54, 1.807) is 7.11 Å². The van der Waals surface area contributed by atoms with Crippen LogP contribution in [0.5, 0.6) is 5.75 Å². The lowest BCUT2D eigenvalue weighted by Crippen LogP contribution is -2.45. The zero-order valence-electron chi connectivity index (χ0n) is 10.9. The maximum atomic E-state index is 11.8. The smallest absolute Gasteiger partial charge is 0.224 e. The standard InChI is InChI=1S/C13H19BrN2O2/c1-13(2,15)8-16-12(17)7-9-6-10(14)4-5-11(9)18-3/h4-6H,7-8,15H2,1-3H3,(H,16,17). The summed E-state index contributed by atoms with van der Waals surface area (Å²) in [7, 11) is 1.59. The second-order valence-electron chi connectivity index (χ2n) is 4.90. The molecule has 0 bridgehead atoms. The van der Waals surface area contributed by atoms with E-state index < -0.39 is 5.54 Å². The van der Waals surface area contributed by atoms with E-state index in [0.29, 0.717) is 12.3 Å². The number of ether oxygens (including phenoxy) is 1. The minimum atomic E-state index is -0.406. The number of nitrogens with two attached hydrogens (primary N) is 1. The third kappa shape index (κ3) is 5.06. The largest absolute Gasteiger partial charge is 0.496 e. The first kappa shape index (κ1) is 15.0. The van der Waals surface area contributed by atoms with Crippen LogP contribution in [0, 0.1) is 0 Å². The lowest BCUT2D eigenvalue weighted by Gasteiger charge is -2.19. The summed E-state index contributed by atoms with van der Waals surface area (Å²) in [5.41, 5.74) is 6.25. The van der Waals surface area contributed by atoms with Gasteiger partial charge in [0.15, 0.2) is 0 Å². The Hall–Kier alpha value is -1.07. The van der Waals surface area contributed by atoms with Gasteiger partial charge in [-0.25, -0.2) is 0 Å². The number of hydrogen-bond donors (Lipinski definition) is 2. The Balaban J connectivity index is 2.66. The molecule has 0 unspecified atom stereocenters. The number of hydrogen-bond acceptors (Lipinski definition) is 3. The lowest BCUT2D eigenvalue weighted by atomic mass is 10.1. The number of benzene rings is 1. The van der Waals surface area contributed by atoms with Gasteiger partial charge in [0.25, 0.3) is 0 Å². The monoisotopic (exact) mass is 314 g/mol. The molecule has 0 saturated heterocycles. The fraction of sp³-hybridized carbons (Fsp3) is 0.462. The summed E-state index contributed by atoms with van der Waals surface area (Å²) < 4.78 is 6.14. The first-order chi connectivity index (χ1) is 8.31. The van der Waals surface area contributed by atoms with Gasteiger partial charge in [-0.05, 0) is 32.0 Å². The van der Waals surface area contributed by atoms with Crippen molar-refractivity contribution in [2.45, 2.75) is 25.8 Å². The molecule has 4 nitrogen and oxygen atoms in total. The fourth-order valence-corrected chi connectivity index (χ4v) is 1.86. The molecule has 1 aromatic carbocycles. The SMILES string of the molecule is COc1ccc(Br)cc1CC(=O)NCC(C)(C)N. The summed E-state index contributed by atoms with van der Waals surface area (Å²) in [4.78, 5) is 11.8. The van der Waals surface area contributed by atoms with Crippen LogP contribution in [0.4, 0.5) is 0 Å². The quantitative estimate of drug-likeness (QED) is 0.872. The molecule has 1 amide bonds. The molecule has 0 radical (unpaired) electrons. The Bertz CT molecular complexity index is 427. The summed E-state index contributed by atoms with van der Waals surface area (Å²) in [5, 5.41) is 2.81. The third-order valence-corrected chi connectivity index (χ3v) is 2.83. The predicted molar refractivity (Wildman–Crippen MR) is 75.7 cm³/mol. The van der Waals surface area contributed by atoms with Crippen molar-refractivity contribution in [3.63, 3.8) is 0 Å². The van der Waals surface area contributed by atoms with Crippen LogP contribution < -0.4 is 15.8 Å². The molecule has 1 aromatic rings. The summed E-state index contributed by atoms with van der Waals surface area (Å²) in [6.45, 7) is 4.18. The topological polar surface area (TPSA) is 64.3 Å². The summed E-state index contributed by atoms with van der Waals surface area (Å²) in [6.07, 6.45) is 0.276. The van der Waals surface area contributed by atoms with E-state index in [0.717, 1.165) is 10.0 Å². The minimum Gasteiger partial charge on any atom is -0.496 e. The van der Waals surface area contributed by atoms with Gasteiger partial charge >= 0.3 is 0 Å². The van der Waals surface area contributed by atoms with Gasteiger partial charge in [-0.3, -0.25) is 4.79 Å². The van der Waals surface area contributed by atoms with E-state index >= 15 is 0 Å². The average molecular weight is 315 g/mol. The maximum Gasteiger partial charge on any atom is 0.224 e. The number of halogens is 1. The third-order valence-electron chi connectivity index (χ3n) is 2.33. The molecule has 1 rings (SSSR count). The lowest BCUT2D eigenvalue weighted by molar-refractivity contribution is -0.120. The van der Waals surface area contributed by atoms with Gasteiger partial charge in [0.2, 0.25) is 5.91 Å². The number of nitrogens with one attached hydrogen (secondary N) is 1. The average Bonchev–Trinajstić information content (AvgIpc) is 2.26. The van der Waals surface area contributed by atoms with Gasteiger partial charge in [0.05, 0.1) is 13.5 Å². The van der Waals surface area contributed by atoms with Crippen LogP contribution in [0.15, 0.2) is 22.7 Å². The number of carbonyl (C=O) groups excluding carboxylic acids is 1. The van der Waals surface area contributed by atoms with Crippen molar-refractivity contribution >= 4 is 21.8 Å². The molecule has 0 aromatic heterocycles. The van der Waals surface area contributed by atoms with E-state index in [9.17, 15) is 4.79 Å². The first-order valence-corrected chi connectivity index (χ1v) is 6.49. The van der Waals surface area contributed by atoms with E-state index in [1.165, 1.54) is 0 Å². The van der Waals surface area contributed by atoms with Gasteiger partial charge < -0.3 is 15.8 Å². The highest BCUT2D eigenvalue weighted by atomic mass is 79.9. The van der Waals surface area contributed by atoms with E-state index in [-0.39, 0.29) is 12.3 Å². The van der Waals surface area contributed by atoms with E-state index in [2.05, 4.69) is 21.2 Å². The Morgan fingerprint density at radius 1 is 1.50 bits per heavy atom. The van der Waals surface area contributed by atoms with Crippen LogP contribution in [0.2, 0.25) is 0 Å². The van der Waals surface area contributed by atoms with Crippen LogP contribution in [0.1, 0.15) is 19.4 Å². The van der Waals surface area contributed by atoms with Gasteiger partial charge in [-0.15, -0.1) is 0 Å². The molecule has 5 heteroatoms. The molecule has 0 saturated carbocycles. The highest BCUT2D eigenvalue weighted by Crippen LogP contribution is 2.23. The van der Waals surface area contributed by atoms with E-state index in [1.807, 2.05) is 32.0 Å². The van der Waals surface area contributed by atoms with Crippen molar-refractivity contribution in [1.29, 1.82) is 0 Å². The highest BCUT2D eigenvalue weighted by Gasteiger charge is 2.14. The van der Waals surface area contributed by atoms with E-state index in [4.69, 9.17) is 10.5 Å². The van der Waals surface area contributed by atoms with Crippen molar-refractivity contribution in [3.8, 4) is 5.75 Å². The van der Waals surface area contributed by atoms with Crippen molar-refractivity contribution in [1.82, 2.24) is 5.32 Å². The Morgan fingerprint density at radius 2 is 2.17 bits per heavy atom. The maximum absolute atomic E-state index is 11.8. The van der Waals surface area contributed by atoms with Crippen molar-refractivity contribution in [3.05, 3.63) is 28.2 Å². The molecular weight excluding hydrogens is 296 g/mol. The molecule has 0 aliphatic carbocycles. The second-order valence-corrected chi connectivity index (χ2v) is 5.81. The summed E-state index contributed by atoms with van der Waals surface area (Å²) >= 11 is 3.38. The molecule has 3 N–H and O–H groups in total. The molecule has 0 atom stereocenters. The van der Waals surface area contributed by atoms with Crippen molar-refractivity contribution in [2.75, 3.05) is 13.7 Å². The normalized spacial score (nSPS) is 11.2. The number of amides is 1.